The number of carboxylic acid groups (broad SMARTS) is 1. The van der Waals surface area contributed by atoms with Gasteiger partial charge < -0.3 is 15.2 Å². The van der Waals surface area contributed by atoms with E-state index in [4.69, 9.17) is 9.84 Å². The lowest BCUT2D eigenvalue weighted by atomic mass is 9.87. The maximum absolute atomic E-state index is 13.0. The summed E-state index contributed by atoms with van der Waals surface area (Å²) in [4.78, 5) is 22.6. The smallest absolute Gasteiger partial charge is 0.391 e. The first-order valence-electron chi connectivity index (χ1n) is 10.2. The van der Waals surface area contributed by atoms with Crippen molar-refractivity contribution in [2.75, 3.05) is 5.32 Å². The number of carbonyl (C=O) groups excluding carboxylic acids is 1. The zero-order valence-corrected chi connectivity index (χ0v) is 16.8. The van der Waals surface area contributed by atoms with Crippen LogP contribution in [0.3, 0.4) is 0 Å². The van der Waals surface area contributed by atoms with Crippen LogP contribution in [0.4, 0.5) is 18.9 Å². The second-order valence-electron chi connectivity index (χ2n) is 7.65. The summed E-state index contributed by atoms with van der Waals surface area (Å²) in [7, 11) is 0. The number of carboxylic acids is 1. The fourth-order valence-electron chi connectivity index (χ4n) is 3.69. The molecule has 2 N–H and O–H groups in total. The van der Waals surface area contributed by atoms with Crippen LogP contribution in [-0.2, 0) is 9.59 Å². The Morgan fingerprint density at radius 2 is 1.68 bits per heavy atom. The molecule has 0 radical (unpaired) electrons. The molecule has 2 aromatic rings. The summed E-state index contributed by atoms with van der Waals surface area (Å²) in [5.41, 5.74) is 2.08. The molecule has 0 aromatic heterocycles. The number of anilines is 1. The molecule has 0 unspecified atom stereocenters. The van der Waals surface area contributed by atoms with Gasteiger partial charge >= 0.3 is 12.1 Å². The summed E-state index contributed by atoms with van der Waals surface area (Å²) in [6, 6.07) is 14.5. The first-order valence-corrected chi connectivity index (χ1v) is 10.2. The molecule has 1 amide bonds. The third-order valence-corrected chi connectivity index (χ3v) is 5.35. The number of hydrogen-bond donors (Lipinski definition) is 2. The molecule has 8 heteroatoms. The number of ether oxygens (including phenoxy) is 1. The number of benzene rings is 2. The van der Waals surface area contributed by atoms with Crippen LogP contribution in [0.2, 0.25) is 0 Å². The number of amides is 1. The average Bonchev–Trinajstić information content (AvgIpc) is 2.73. The molecule has 31 heavy (non-hydrogen) atoms. The van der Waals surface area contributed by atoms with E-state index < -0.39 is 24.0 Å². The lowest BCUT2D eigenvalue weighted by Crippen LogP contribution is -2.32. The third-order valence-electron chi connectivity index (χ3n) is 5.35. The minimum Gasteiger partial charge on any atom is -0.490 e. The predicted molar refractivity (Wildman–Crippen MR) is 110 cm³/mol. The van der Waals surface area contributed by atoms with Crippen molar-refractivity contribution >= 4 is 17.6 Å². The zero-order chi connectivity index (χ0) is 22.4. The summed E-state index contributed by atoms with van der Waals surface area (Å²) in [5.74, 6) is -2.32. The van der Waals surface area contributed by atoms with Gasteiger partial charge in [0.2, 0.25) is 5.91 Å². The van der Waals surface area contributed by atoms with Crippen LogP contribution >= 0.6 is 0 Å². The van der Waals surface area contributed by atoms with Crippen LogP contribution in [0.15, 0.2) is 48.5 Å². The summed E-state index contributed by atoms with van der Waals surface area (Å²) < 4.78 is 45.0. The normalized spacial score (nSPS) is 18.9. The average molecular weight is 435 g/mol. The van der Waals surface area contributed by atoms with Gasteiger partial charge in [-0.1, -0.05) is 30.3 Å². The van der Waals surface area contributed by atoms with Crippen molar-refractivity contribution in [3.05, 3.63) is 48.5 Å². The SMILES string of the molecule is O=C(O)CCC(=O)Nc1ccc(-c2ccccc2)c(OC2CCC(C(F)(F)F)CC2)c1. The molecule has 0 atom stereocenters. The second-order valence-corrected chi connectivity index (χ2v) is 7.65. The first-order chi connectivity index (χ1) is 14.7. The topological polar surface area (TPSA) is 75.6 Å². The van der Waals surface area contributed by atoms with Crippen LogP contribution in [-0.4, -0.2) is 29.3 Å². The number of carbonyl (C=O) groups is 2. The van der Waals surface area contributed by atoms with Gasteiger partial charge in [-0.3, -0.25) is 9.59 Å². The van der Waals surface area contributed by atoms with E-state index in [1.807, 2.05) is 30.3 Å². The van der Waals surface area contributed by atoms with Crippen LogP contribution in [0.1, 0.15) is 38.5 Å². The molecule has 0 spiro atoms. The molecule has 1 aliphatic carbocycles. The van der Waals surface area contributed by atoms with Crippen LogP contribution in [0, 0.1) is 5.92 Å². The third kappa shape index (κ3) is 6.47. The lowest BCUT2D eigenvalue weighted by molar-refractivity contribution is -0.185. The van der Waals surface area contributed by atoms with E-state index in [0.717, 1.165) is 11.1 Å². The van der Waals surface area contributed by atoms with Crippen molar-refractivity contribution in [2.45, 2.75) is 50.8 Å². The second kappa shape index (κ2) is 9.85. The molecule has 0 heterocycles. The zero-order valence-electron chi connectivity index (χ0n) is 16.8. The number of nitrogens with one attached hydrogen (secondary N) is 1. The number of alkyl halides is 3. The highest BCUT2D eigenvalue weighted by Gasteiger charge is 2.41. The van der Waals surface area contributed by atoms with Crippen molar-refractivity contribution in [3.8, 4) is 16.9 Å². The molecule has 1 aliphatic rings. The lowest BCUT2D eigenvalue weighted by Gasteiger charge is -2.30. The Morgan fingerprint density at radius 3 is 2.29 bits per heavy atom. The quantitative estimate of drug-likeness (QED) is 0.589. The Balaban J connectivity index is 1.77. The van der Waals surface area contributed by atoms with Gasteiger partial charge in [-0.15, -0.1) is 0 Å². The van der Waals surface area contributed by atoms with Gasteiger partial charge in [0.05, 0.1) is 18.4 Å². The monoisotopic (exact) mass is 435 g/mol. The van der Waals surface area contributed by atoms with Gasteiger partial charge in [0, 0.05) is 23.7 Å². The minimum absolute atomic E-state index is 0.0282. The first kappa shape index (κ1) is 22.7. The van der Waals surface area contributed by atoms with E-state index >= 15 is 0 Å². The highest BCUT2D eigenvalue weighted by Crippen LogP contribution is 2.40. The molecule has 0 saturated heterocycles. The molecular formula is C23H24F3NO4. The number of rotatable bonds is 7. The van der Waals surface area contributed by atoms with Gasteiger partial charge in [-0.2, -0.15) is 13.2 Å². The Hall–Kier alpha value is -3.03. The fraction of sp³-hybridized carbons (Fsp3) is 0.391. The molecule has 0 aliphatic heterocycles. The fourth-order valence-corrected chi connectivity index (χ4v) is 3.69. The van der Waals surface area contributed by atoms with Crippen LogP contribution in [0.25, 0.3) is 11.1 Å². The van der Waals surface area contributed by atoms with E-state index in [9.17, 15) is 22.8 Å². The molecular weight excluding hydrogens is 411 g/mol. The maximum Gasteiger partial charge on any atom is 0.391 e. The number of hydrogen-bond acceptors (Lipinski definition) is 3. The summed E-state index contributed by atoms with van der Waals surface area (Å²) >= 11 is 0. The Bertz CT molecular complexity index is 907. The van der Waals surface area contributed by atoms with Gasteiger partial charge in [0.1, 0.15) is 5.75 Å². The maximum atomic E-state index is 13.0. The standard InChI is InChI=1S/C23H24F3NO4/c24-23(25,26)16-6-9-18(10-7-16)31-20-14-17(27-21(28)12-13-22(29)30)8-11-19(20)15-4-2-1-3-5-15/h1-5,8,11,14,16,18H,6-7,9-10,12-13H2,(H,27,28)(H,29,30). The molecule has 2 aromatic carbocycles. The van der Waals surface area contributed by atoms with Crippen molar-refractivity contribution in [2.24, 2.45) is 5.92 Å². The van der Waals surface area contributed by atoms with Crippen LogP contribution in [0.5, 0.6) is 5.75 Å². The molecule has 1 fully saturated rings. The van der Waals surface area contributed by atoms with Gasteiger partial charge in [0.15, 0.2) is 0 Å². The Labute approximate surface area is 178 Å². The van der Waals surface area contributed by atoms with Crippen molar-refractivity contribution < 1.29 is 32.6 Å². The molecule has 1 saturated carbocycles. The summed E-state index contributed by atoms with van der Waals surface area (Å²) in [5, 5.41) is 11.4. The van der Waals surface area contributed by atoms with Gasteiger partial charge in [0.25, 0.3) is 0 Å². The van der Waals surface area contributed by atoms with E-state index in [1.165, 1.54) is 0 Å². The highest BCUT2D eigenvalue weighted by molar-refractivity contribution is 5.93. The summed E-state index contributed by atoms with van der Waals surface area (Å²) in [6.07, 6.45) is -4.31. The van der Waals surface area contributed by atoms with Gasteiger partial charge in [-0.25, -0.2) is 0 Å². The van der Waals surface area contributed by atoms with Crippen molar-refractivity contribution in [1.29, 1.82) is 0 Å². The van der Waals surface area contributed by atoms with E-state index in [2.05, 4.69) is 5.32 Å². The van der Waals surface area contributed by atoms with E-state index in [-0.39, 0.29) is 31.8 Å². The molecule has 3 rings (SSSR count). The van der Waals surface area contributed by atoms with E-state index in [1.54, 1.807) is 18.2 Å². The predicted octanol–water partition coefficient (Wildman–Crippen LogP) is 5.66. The highest BCUT2D eigenvalue weighted by atomic mass is 19.4. The van der Waals surface area contributed by atoms with Gasteiger partial charge in [-0.05, 0) is 43.4 Å². The van der Waals surface area contributed by atoms with Crippen molar-refractivity contribution in [1.82, 2.24) is 0 Å². The number of halogens is 3. The largest absolute Gasteiger partial charge is 0.490 e. The Kier molecular flexibility index (Phi) is 7.20. The minimum atomic E-state index is -4.18. The van der Waals surface area contributed by atoms with Crippen molar-refractivity contribution in [3.63, 3.8) is 0 Å². The molecule has 0 bridgehead atoms. The summed E-state index contributed by atoms with van der Waals surface area (Å²) in [6.45, 7) is 0. The van der Waals surface area contributed by atoms with E-state index in [0.29, 0.717) is 24.3 Å². The molecule has 5 nitrogen and oxygen atoms in total. The van der Waals surface area contributed by atoms with Crippen LogP contribution < -0.4 is 10.1 Å². The molecule has 166 valence electrons. The Morgan fingerprint density at radius 1 is 1.00 bits per heavy atom. The number of aliphatic carboxylic acids is 1.